The quantitative estimate of drug-likeness (QED) is 0.824. The van der Waals surface area contributed by atoms with Gasteiger partial charge in [-0.2, -0.15) is 0 Å². The first kappa shape index (κ1) is 16.5. The van der Waals surface area contributed by atoms with Gasteiger partial charge in [0, 0.05) is 12.8 Å². The first-order valence-corrected chi connectivity index (χ1v) is 7.29. The van der Waals surface area contributed by atoms with Crippen LogP contribution in [0.2, 0.25) is 0 Å². The Morgan fingerprint density at radius 2 is 1.91 bits per heavy atom. The molecule has 0 radical (unpaired) electrons. The number of methoxy groups -OCH3 is 2. The number of piperidine rings is 1. The number of anilines is 1. The zero-order chi connectivity index (χ0) is 16.2. The van der Waals surface area contributed by atoms with Gasteiger partial charge in [0.2, 0.25) is 0 Å². The first-order chi connectivity index (χ1) is 10.5. The second kappa shape index (κ2) is 6.89. The highest BCUT2D eigenvalue weighted by Gasteiger charge is 2.39. The summed E-state index contributed by atoms with van der Waals surface area (Å²) in [6.07, 6.45) is 1.27. The normalized spacial score (nSPS) is 16.9. The van der Waals surface area contributed by atoms with Gasteiger partial charge >= 0.3 is 5.97 Å². The fraction of sp³-hybridized carbons (Fsp3) is 0.500. The largest absolute Gasteiger partial charge is 0.465 e. The Bertz CT molecular complexity index is 565. The van der Waals surface area contributed by atoms with Crippen molar-refractivity contribution in [2.45, 2.75) is 25.4 Å². The average Bonchev–Trinajstić information content (AvgIpc) is 2.54. The first-order valence-electron chi connectivity index (χ1n) is 7.29. The molecular formula is C16H22N2O4. The van der Waals surface area contributed by atoms with Crippen LogP contribution in [0.3, 0.4) is 0 Å². The Morgan fingerprint density at radius 1 is 1.23 bits per heavy atom. The monoisotopic (exact) mass is 306 g/mol. The summed E-state index contributed by atoms with van der Waals surface area (Å²) in [6.45, 7) is 3.31. The number of benzene rings is 1. The van der Waals surface area contributed by atoms with E-state index in [1.807, 2.05) is 0 Å². The molecule has 0 saturated carbocycles. The topological polar surface area (TPSA) is 76.7 Å². The van der Waals surface area contributed by atoms with Crippen LogP contribution >= 0.6 is 0 Å². The van der Waals surface area contributed by atoms with Crippen LogP contribution in [0, 0.1) is 6.92 Å². The maximum atomic E-state index is 12.6. The summed E-state index contributed by atoms with van der Waals surface area (Å²) in [5, 5.41) is 6.10. The molecule has 0 spiro atoms. The molecule has 120 valence electrons. The summed E-state index contributed by atoms with van der Waals surface area (Å²) in [5.41, 5.74) is 1.09. The molecule has 0 bridgehead atoms. The molecule has 1 aromatic carbocycles. The van der Waals surface area contributed by atoms with Gasteiger partial charge < -0.3 is 20.1 Å². The van der Waals surface area contributed by atoms with Gasteiger partial charge in [0.25, 0.3) is 5.91 Å². The van der Waals surface area contributed by atoms with E-state index in [-0.39, 0.29) is 11.9 Å². The SMILES string of the molecule is COC(=O)c1ccc(NC(=O)C2(OC)CCNCC2)cc1C. The Balaban J connectivity index is 2.14. The number of carbonyl (C=O) groups is 2. The van der Waals surface area contributed by atoms with Gasteiger partial charge in [-0.3, -0.25) is 4.79 Å². The zero-order valence-corrected chi connectivity index (χ0v) is 13.2. The van der Waals surface area contributed by atoms with Crippen molar-refractivity contribution in [3.05, 3.63) is 29.3 Å². The van der Waals surface area contributed by atoms with Crippen LogP contribution in [0.25, 0.3) is 0 Å². The third-order valence-corrected chi connectivity index (χ3v) is 4.11. The summed E-state index contributed by atoms with van der Waals surface area (Å²) in [7, 11) is 2.91. The molecule has 0 unspecified atom stereocenters. The number of nitrogens with one attached hydrogen (secondary N) is 2. The Hall–Kier alpha value is -1.92. The number of ether oxygens (including phenoxy) is 2. The molecule has 22 heavy (non-hydrogen) atoms. The van der Waals surface area contributed by atoms with E-state index in [0.717, 1.165) is 18.7 Å². The summed E-state index contributed by atoms with van der Waals surface area (Å²) in [5.74, 6) is -0.538. The summed E-state index contributed by atoms with van der Waals surface area (Å²) < 4.78 is 10.2. The molecule has 1 aromatic rings. The number of rotatable bonds is 4. The summed E-state index contributed by atoms with van der Waals surface area (Å²) in [4.78, 5) is 24.1. The molecule has 0 aliphatic carbocycles. The van der Waals surface area contributed by atoms with Crippen molar-refractivity contribution >= 4 is 17.6 Å². The number of hydrogen-bond acceptors (Lipinski definition) is 5. The second-order valence-electron chi connectivity index (χ2n) is 5.42. The van der Waals surface area contributed by atoms with Crippen molar-refractivity contribution in [3.8, 4) is 0 Å². The lowest BCUT2D eigenvalue weighted by Gasteiger charge is -2.34. The molecule has 2 rings (SSSR count). The molecule has 1 fully saturated rings. The van der Waals surface area contributed by atoms with Gasteiger partial charge in [-0.05, 0) is 56.6 Å². The van der Waals surface area contributed by atoms with E-state index in [1.54, 1.807) is 32.2 Å². The van der Waals surface area contributed by atoms with Crippen molar-refractivity contribution in [3.63, 3.8) is 0 Å². The Morgan fingerprint density at radius 3 is 2.45 bits per heavy atom. The van der Waals surface area contributed by atoms with Crippen LogP contribution in [0.15, 0.2) is 18.2 Å². The van der Waals surface area contributed by atoms with E-state index in [9.17, 15) is 9.59 Å². The van der Waals surface area contributed by atoms with E-state index >= 15 is 0 Å². The van der Waals surface area contributed by atoms with Crippen LogP contribution in [-0.2, 0) is 14.3 Å². The zero-order valence-electron chi connectivity index (χ0n) is 13.2. The van der Waals surface area contributed by atoms with E-state index in [4.69, 9.17) is 9.47 Å². The number of hydrogen-bond donors (Lipinski definition) is 2. The lowest BCUT2D eigenvalue weighted by molar-refractivity contribution is -0.140. The smallest absolute Gasteiger partial charge is 0.338 e. The molecule has 1 saturated heterocycles. The van der Waals surface area contributed by atoms with Crippen molar-refractivity contribution in [1.29, 1.82) is 0 Å². The molecule has 1 heterocycles. The standard InChI is InChI=1S/C16H22N2O4/c1-11-10-12(4-5-13(11)14(19)21-2)18-15(20)16(22-3)6-8-17-9-7-16/h4-5,10,17H,6-9H2,1-3H3,(H,18,20). The van der Waals surface area contributed by atoms with Crippen molar-refractivity contribution in [2.24, 2.45) is 0 Å². The fourth-order valence-corrected chi connectivity index (χ4v) is 2.68. The molecule has 0 aromatic heterocycles. The predicted octanol–water partition coefficient (Wildman–Crippen LogP) is 1.49. The van der Waals surface area contributed by atoms with Crippen LogP contribution in [0.4, 0.5) is 5.69 Å². The molecule has 1 aliphatic rings. The van der Waals surface area contributed by atoms with E-state index < -0.39 is 5.60 Å². The van der Waals surface area contributed by atoms with Crippen molar-refractivity contribution < 1.29 is 19.1 Å². The average molecular weight is 306 g/mol. The maximum absolute atomic E-state index is 12.6. The number of amides is 1. The summed E-state index contributed by atoms with van der Waals surface area (Å²) >= 11 is 0. The molecule has 6 nitrogen and oxygen atoms in total. The van der Waals surface area contributed by atoms with Gasteiger partial charge in [0.15, 0.2) is 0 Å². The third-order valence-electron chi connectivity index (χ3n) is 4.11. The predicted molar refractivity (Wildman–Crippen MR) is 83.0 cm³/mol. The van der Waals surface area contributed by atoms with Crippen LogP contribution < -0.4 is 10.6 Å². The molecule has 0 atom stereocenters. The highest BCUT2D eigenvalue weighted by Crippen LogP contribution is 2.25. The van der Waals surface area contributed by atoms with Crippen LogP contribution in [0.1, 0.15) is 28.8 Å². The highest BCUT2D eigenvalue weighted by atomic mass is 16.5. The second-order valence-corrected chi connectivity index (χ2v) is 5.42. The third kappa shape index (κ3) is 3.28. The fourth-order valence-electron chi connectivity index (χ4n) is 2.68. The van der Waals surface area contributed by atoms with Crippen LogP contribution in [0.5, 0.6) is 0 Å². The van der Waals surface area contributed by atoms with Gasteiger partial charge in [0.1, 0.15) is 5.60 Å². The lowest BCUT2D eigenvalue weighted by atomic mass is 9.91. The molecule has 6 heteroatoms. The molecule has 2 N–H and O–H groups in total. The number of esters is 1. The van der Waals surface area contributed by atoms with Gasteiger partial charge in [-0.25, -0.2) is 4.79 Å². The maximum Gasteiger partial charge on any atom is 0.338 e. The molecular weight excluding hydrogens is 284 g/mol. The summed E-state index contributed by atoms with van der Waals surface area (Å²) in [6, 6.07) is 5.11. The Kier molecular flexibility index (Phi) is 5.15. The van der Waals surface area contributed by atoms with Gasteiger partial charge in [0.05, 0.1) is 12.7 Å². The van der Waals surface area contributed by atoms with Crippen molar-refractivity contribution in [2.75, 3.05) is 32.6 Å². The van der Waals surface area contributed by atoms with E-state index in [1.165, 1.54) is 7.11 Å². The van der Waals surface area contributed by atoms with Gasteiger partial charge in [-0.1, -0.05) is 0 Å². The van der Waals surface area contributed by atoms with Crippen molar-refractivity contribution in [1.82, 2.24) is 5.32 Å². The minimum Gasteiger partial charge on any atom is -0.465 e. The highest BCUT2D eigenvalue weighted by molar-refractivity contribution is 5.98. The van der Waals surface area contributed by atoms with Gasteiger partial charge in [-0.15, -0.1) is 0 Å². The van der Waals surface area contributed by atoms with E-state index in [0.29, 0.717) is 24.1 Å². The van der Waals surface area contributed by atoms with E-state index in [2.05, 4.69) is 10.6 Å². The number of aryl methyl sites for hydroxylation is 1. The number of carbonyl (C=O) groups excluding carboxylic acids is 2. The Labute approximate surface area is 130 Å². The minimum atomic E-state index is -0.791. The molecule has 1 aliphatic heterocycles. The lowest BCUT2D eigenvalue weighted by Crippen LogP contribution is -2.51. The van der Waals surface area contributed by atoms with Crippen LogP contribution in [-0.4, -0.2) is 44.8 Å². The minimum absolute atomic E-state index is 0.151. The molecule has 1 amide bonds.